The largest absolute Gasteiger partial charge is 0.433 e. The van der Waals surface area contributed by atoms with Crippen molar-refractivity contribution in [2.24, 2.45) is 5.73 Å². The SMILES string of the molecule is CC(C)N1CCc2c(sc(NC(=O)c3ccc([N+](=O)[O-])o3)c2C(N)=O)C1.Cl. The minimum Gasteiger partial charge on any atom is -0.395 e. The number of hydrogen-bond donors (Lipinski definition) is 2. The van der Waals surface area contributed by atoms with Crippen molar-refractivity contribution in [3.8, 4) is 0 Å². The number of thiophene rings is 1. The van der Waals surface area contributed by atoms with Gasteiger partial charge in [0.2, 0.25) is 0 Å². The predicted octanol–water partition coefficient (Wildman–Crippen LogP) is 2.79. The molecule has 0 saturated heterocycles. The van der Waals surface area contributed by atoms with Crippen molar-refractivity contribution < 1.29 is 18.9 Å². The van der Waals surface area contributed by atoms with Crippen LogP contribution < -0.4 is 11.1 Å². The summed E-state index contributed by atoms with van der Waals surface area (Å²) in [6, 6.07) is 2.68. The van der Waals surface area contributed by atoms with Crippen LogP contribution in [0.15, 0.2) is 16.5 Å². The van der Waals surface area contributed by atoms with Gasteiger partial charge in [-0.25, -0.2) is 0 Å². The zero-order chi connectivity index (χ0) is 19.0. The van der Waals surface area contributed by atoms with Crippen LogP contribution in [0.25, 0.3) is 0 Å². The topological polar surface area (TPSA) is 132 Å². The second-order valence-corrected chi connectivity index (χ2v) is 7.34. The van der Waals surface area contributed by atoms with Crippen LogP contribution in [0.1, 0.15) is 45.2 Å². The van der Waals surface area contributed by atoms with Crippen LogP contribution in [0.5, 0.6) is 0 Å². The molecule has 27 heavy (non-hydrogen) atoms. The molecule has 1 aliphatic heterocycles. The fourth-order valence-corrected chi connectivity index (χ4v) is 4.20. The fourth-order valence-electron chi connectivity index (χ4n) is 2.93. The first kappa shape index (κ1) is 20.9. The van der Waals surface area contributed by atoms with E-state index >= 15 is 0 Å². The van der Waals surface area contributed by atoms with Crippen LogP contribution >= 0.6 is 23.7 Å². The van der Waals surface area contributed by atoms with Crippen LogP contribution in [0.3, 0.4) is 0 Å². The van der Waals surface area contributed by atoms with Gasteiger partial charge in [0, 0.05) is 24.0 Å². The Bertz CT molecular complexity index is 892. The molecule has 0 radical (unpaired) electrons. The quantitative estimate of drug-likeness (QED) is 0.571. The van der Waals surface area contributed by atoms with Gasteiger partial charge in [0.25, 0.3) is 11.8 Å². The lowest BCUT2D eigenvalue weighted by atomic mass is 10.0. The molecule has 2 amide bonds. The van der Waals surface area contributed by atoms with E-state index in [-0.39, 0.29) is 18.2 Å². The number of fused-ring (bicyclic) bond motifs is 1. The third-order valence-electron chi connectivity index (χ3n) is 4.29. The Labute approximate surface area is 165 Å². The molecule has 11 heteroatoms. The Morgan fingerprint density at radius 1 is 1.41 bits per heavy atom. The number of hydrogen-bond acceptors (Lipinski definition) is 7. The number of primary amides is 1. The molecule has 2 aromatic rings. The highest BCUT2D eigenvalue weighted by Gasteiger charge is 2.29. The number of carbonyl (C=O) groups excluding carboxylic acids is 2. The van der Waals surface area contributed by atoms with E-state index in [1.54, 1.807) is 0 Å². The van der Waals surface area contributed by atoms with E-state index < -0.39 is 22.6 Å². The first-order chi connectivity index (χ1) is 12.3. The Hall–Kier alpha value is -2.43. The van der Waals surface area contributed by atoms with Gasteiger partial charge in [0.1, 0.15) is 9.92 Å². The third-order valence-corrected chi connectivity index (χ3v) is 5.42. The van der Waals surface area contributed by atoms with E-state index in [1.807, 2.05) is 0 Å². The fraction of sp³-hybridized carbons (Fsp3) is 0.375. The normalized spacial score (nSPS) is 13.7. The summed E-state index contributed by atoms with van der Waals surface area (Å²) in [5.41, 5.74) is 6.70. The third kappa shape index (κ3) is 4.12. The van der Waals surface area contributed by atoms with Crippen molar-refractivity contribution in [2.75, 3.05) is 11.9 Å². The predicted molar refractivity (Wildman–Crippen MR) is 103 cm³/mol. The Balaban J connectivity index is 0.00000261. The average molecular weight is 415 g/mol. The van der Waals surface area contributed by atoms with Gasteiger partial charge >= 0.3 is 5.88 Å². The van der Waals surface area contributed by atoms with Crippen molar-refractivity contribution in [3.63, 3.8) is 0 Å². The number of amides is 2. The first-order valence-electron chi connectivity index (χ1n) is 8.02. The van der Waals surface area contributed by atoms with Crippen LogP contribution in [-0.2, 0) is 13.0 Å². The molecule has 0 atom stereocenters. The maximum Gasteiger partial charge on any atom is 0.433 e. The molecule has 2 aromatic heterocycles. The molecule has 146 valence electrons. The molecule has 0 saturated carbocycles. The summed E-state index contributed by atoms with van der Waals surface area (Å²) in [5.74, 6) is -2.01. The number of furan rings is 1. The van der Waals surface area contributed by atoms with Crippen molar-refractivity contribution >= 4 is 46.4 Å². The molecular weight excluding hydrogens is 396 g/mol. The van der Waals surface area contributed by atoms with E-state index in [0.717, 1.165) is 23.1 Å². The van der Waals surface area contributed by atoms with Crippen molar-refractivity contribution in [1.29, 1.82) is 0 Å². The van der Waals surface area contributed by atoms with Gasteiger partial charge in [-0.3, -0.25) is 24.6 Å². The second-order valence-electron chi connectivity index (χ2n) is 6.24. The molecule has 0 spiro atoms. The van der Waals surface area contributed by atoms with E-state index in [9.17, 15) is 19.7 Å². The standard InChI is InChI=1S/C16H18N4O5S.ClH/c1-8(2)19-6-5-9-11(7-19)26-16(13(9)14(17)21)18-15(22)10-3-4-12(25-10)20(23)24;/h3-4,8H,5-7H2,1-2H3,(H2,17,21)(H,18,22);1H. The van der Waals surface area contributed by atoms with Crippen LogP contribution in [0.4, 0.5) is 10.9 Å². The number of halogens is 1. The molecule has 3 heterocycles. The first-order valence-corrected chi connectivity index (χ1v) is 8.83. The Morgan fingerprint density at radius 2 is 2.11 bits per heavy atom. The molecule has 1 aliphatic rings. The maximum atomic E-state index is 12.3. The lowest BCUT2D eigenvalue weighted by Gasteiger charge is -2.30. The lowest BCUT2D eigenvalue weighted by Crippen LogP contribution is -2.35. The van der Waals surface area contributed by atoms with Crippen molar-refractivity contribution in [2.45, 2.75) is 32.9 Å². The van der Waals surface area contributed by atoms with E-state index in [2.05, 4.69) is 24.1 Å². The molecule has 0 aliphatic carbocycles. The zero-order valence-corrected chi connectivity index (χ0v) is 16.3. The van der Waals surface area contributed by atoms with Gasteiger partial charge in [-0.2, -0.15) is 0 Å². The number of anilines is 1. The van der Waals surface area contributed by atoms with Crippen molar-refractivity contribution in [3.05, 3.63) is 44.0 Å². The Kier molecular flexibility index (Phi) is 6.24. The van der Waals surface area contributed by atoms with Gasteiger partial charge in [-0.1, -0.05) is 0 Å². The van der Waals surface area contributed by atoms with Crippen molar-refractivity contribution in [1.82, 2.24) is 4.90 Å². The summed E-state index contributed by atoms with van der Waals surface area (Å²) in [6.07, 6.45) is 0.671. The highest BCUT2D eigenvalue weighted by atomic mass is 35.5. The summed E-state index contributed by atoms with van der Waals surface area (Å²) in [4.78, 5) is 37.5. The van der Waals surface area contributed by atoms with E-state index in [4.69, 9.17) is 10.2 Å². The number of rotatable bonds is 5. The summed E-state index contributed by atoms with van der Waals surface area (Å²) in [7, 11) is 0. The van der Waals surface area contributed by atoms with Gasteiger partial charge in [-0.05, 0) is 31.9 Å². The summed E-state index contributed by atoms with van der Waals surface area (Å²) < 4.78 is 4.90. The van der Waals surface area contributed by atoms with Gasteiger partial charge in [-0.15, -0.1) is 23.7 Å². The number of carbonyl (C=O) groups is 2. The molecule has 0 fully saturated rings. The minimum atomic E-state index is -0.726. The summed E-state index contributed by atoms with van der Waals surface area (Å²) in [5, 5.41) is 13.6. The van der Waals surface area contributed by atoms with Crippen LogP contribution in [0, 0.1) is 10.1 Å². The van der Waals surface area contributed by atoms with E-state index in [1.165, 1.54) is 17.4 Å². The number of nitro groups is 1. The maximum absolute atomic E-state index is 12.3. The highest BCUT2D eigenvalue weighted by Crippen LogP contribution is 2.37. The van der Waals surface area contributed by atoms with Crippen LogP contribution in [-0.4, -0.2) is 34.2 Å². The monoisotopic (exact) mass is 414 g/mol. The molecule has 0 unspecified atom stereocenters. The summed E-state index contributed by atoms with van der Waals surface area (Å²) in [6.45, 7) is 5.68. The number of nitrogens with zero attached hydrogens (tertiary/aromatic N) is 2. The smallest absolute Gasteiger partial charge is 0.395 e. The summed E-state index contributed by atoms with van der Waals surface area (Å²) >= 11 is 1.30. The van der Waals surface area contributed by atoms with Gasteiger partial charge in [0.05, 0.1) is 11.6 Å². The van der Waals surface area contributed by atoms with E-state index in [0.29, 0.717) is 29.6 Å². The average Bonchev–Trinajstić information content (AvgIpc) is 3.18. The molecule has 0 bridgehead atoms. The highest BCUT2D eigenvalue weighted by molar-refractivity contribution is 7.17. The minimum absolute atomic E-state index is 0. The number of nitrogens with two attached hydrogens (primary N) is 1. The van der Waals surface area contributed by atoms with Gasteiger partial charge < -0.3 is 15.5 Å². The Morgan fingerprint density at radius 3 is 2.67 bits per heavy atom. The van der Waals surface area contributed by atoms with Gasteiger partial charge in [0.15, 0.2) is 5.76 Å². The molecule has 0 aromatic carbocycles. The number of nitrogens with one attached hydrogen (secondary N) is 1. The molecule has 3 rings (SSSR count). The molecular formula is C16H19ClN4O5S. The molecule has 9 nitrogen and oxygen atoms in total. The second kappa shape index (κ2) is 8.07. The molecule has 3 N–H and O–H groups in total. The lowest BCUT2D eigenvalue weighted by molar-refractivity contribution is -0.402. The van der Waals surface area contributed by atoms with Crippen LogP contribution in [0.2, 0.25) is 0 Å². The zero-order valence-electron chi connectivity index (χ0n) is 14.7.